The average Bonchev–Trinajstić information content (AvgIpc) is 3.08. The lowest BCUT2D eigenvalue weighted by Crippen LogP contribution is -2.41. The molecule has 178 valence electrons. The molecule has 0 amide bonds. The van der Waals surface area contributed by atoms with Crippen molar-refractivity contribution in [2.24, 2.45) is 0 Å². The van der Waals surface area contributed by atoms with E-state index in [-0.39, 0.29) is 24.1 Å². The van der Waals surface area contributed by atoms with Gasteiger partial charge in [0.25, 0.3) is 0 Å². The molecular weight excluding hydrogens is 418 g/mol. The zero-order valence-electron chi connectivity index (χ0n) is 23.8. The van der Waals surface area contributed by atoms with Crippen molar-refractivity contribution >= 4 is 25.2 Å². The lowest BCUT2D eigenvalue weighted by Gasteiger charge is -2.32. The standard InChI is InChI=1S/C13H19BO3.C12H17BO3/c1-12(2)13(3,4)17-14(16-12)10-6-8-11(15-5)9-7-10;1-11(2)12(3,4)16-13(15-11)9-5-7-10(14)8-6-9/h6-9H,1-5H3;5-8,14H,1-4H3/i5D3;. The minimum atomic E-state index is -2.44. The Kier molecular flexibility index (Phi) is 5.87. The highest BCUT2D eigenvalue weighted by Gasteiger charge is 2.52. The number of benzene rings is 2. The average molecular weight is 457 g/mol. The lowest BCUT2D eigenvalue weighted by atomic mass is 9.79. The summed E-state index contributed by atoms with van der Waals surface area (Å²) >= 11 is 0. The molecule has 2 aromatic rings. The van der Waals surface area contributed by atoms with Gasteiger partial charge in [0.05, 0.1) is 33.6 Å². The summed E-state index contributed by atoms with van der Waals surface area (Å²) < 4.78 is 49.6. The van der Waals surface area contributed by atoms with Gasteiger partial charge < -0.3 is 28.5 Å². The van der Waals surface area contributed by atoms with Crippen LogP contribution in [0.1, 0.15) is 59.5 Å². The summed E-state index contributed by atoms with van der Waals surface area (Å²) in [5.41, 5.74) is 0.320. The molecule has 2 aliphatic heterocycles. The summed E-state index contributed by atoms with van der Waals surface area (Å²) in [5, 5.41) is 9.22. The number of rotatable bonds is 3. The number of phenolic OH excluding ortho intramolecular Hbond substituents is 1. The van der Waals surface area contributed by atoms with E-state index in [9.17, 15) is 5.11 Å². The molecule has 2 heterocycles. The first-order valence-corrected chi connectivity index (χ1v) is 11.1. The first-order chi connectivity index (χ1) is 16.3. The number of hydrogen-bond acceptors (Lipinski definition) is 6. The van der Waals surface area contributed by atoms with E-state index in [1.807, 2.05) is 67.5 Å². The Morgan fingerprint density at radius 2 is 0.970 bits per heavy atom. The van der Waals surface area contributed by atoms with Crippen LogP contribution in [0.15, 0.2) is 48.5 Å². The van der Waals surface area contributed by atoms with Gasteiger partial charge in [0.15, 0.2) is 0 Å². The summed E-state index contributed by atoms with van der Waals surface area (Å²) in [6.07, 6.45) is 0. The maximum absolute atomic E-state index is 9.22. The number of hydrogen-bond donors (Lipinski definition) is 1. The Bertz CT molecular complexity index is 1010. The largest absolute Gasteiger partial charge is 0.508 e. The van der Waals surface area contributed by atoms with Crippen molar-refractivity contribution in [2.75, 3.05) is 7.04 Å². The molecule has 0 bridgehead atoms. The molecule has 4 rings (SSSR count). The fraction of sp³-hybridized carbons (Fsp3) is 0.520. The van der Waals surface area contributed by atoms with Crippen molar-refractivity contribution in [1.82, 2.24) is 0 Å². The fourth-order valence-corrected chi connectivity index (χ4v) is 3.28. The van der Waals surface area contributed by atoms with E-state index in [0.29, 0.717) is 5.75 Å². The van der Waals surface area contributed by atoms with Gasteiger partial charge in [0.1, 0.15) is 11.5 Å². The van der Waals surface area contributed by atoms with Crippen LogP contribution in [-0.4, -0.2) is 48.8 Å². The van der Waals surface area contributed by atoms with Gasteiger partial charge in [0, 0.05) is 0 Å². The molecular formula is C25H36B2O6. The van der Waals surface area contributed by atoms with Crippen LogP contribution in [0, 0.1) is 0 Å². The Balaban J connectivity index is 0.000000205. The third kappa shape index (κ3) is 5.40. The zero-order valence-corrected chi connectivity index (χ0v) is 20.8. The summed E-state index contributed by atoms with van der Waals surface area (Å²) in [6, 6.07) is 13.6. The van der Waals surface area contributed by atoms with Gasteiger partial charge in [-0.2, -0.15) is 0 Å². The second-order valence-corrected chi connectivity index (χ2v) is 10.4. The molecule has 0 saturated carbocycles. The van der Waals surface area contributed by atoms with Crippen molar-refractivity contribution in [2.45, 2.75) is 77.8 Å². The zero-order chi connectivity index (χ0) is 27.2. The second kappa shape index (κ2) is 8.99. The molecule has 0 spiro atoms. The Labute approximate surface area is 203 Å². The molecule has 6 nitrogen and oxygen atoms in total. The maximum Gasteiger partial charge on any atom is 0.494 e. The Hall–Kier alpha value is -1.99. The van der Waals surface area contributed by atoms with E-state index in [0.717, 1.165) is 10.9 Å². The van der Waals surface area contributed by atoms with Crippen LogP contribution in [0.2, 0.25) is 0 Å². The van der Waals surface area contributed by atoms with Gasteiger partial charge in [-0.3, -0.25) is 0 Å². The Morgan fingerprint density at radius 1 is 0.636 bits per heavy atom. The number of aromatic hydroxyl groups is 1. The third-order valence-electron chi connectivity index (χ3n) is 6.94. The maximum atomic E-state index is 9.22. The van der Waals surface area contributed by atoms with Gasteiger partial charge in [0.2, 0.25) is 0 Å². The predicted molar refractivity (Wildman–Crippen MR) is 133 cm³/mol. The molecule has 1 N–H and O–H groups in total. The smallest absolute Gasteiger partial charge is 0.494 e. The SMILES string of the molecule is CC1(C)OB(c2ccc(O)cc2)OC1(C)C.[2H]C([2H])([2H])Oc1ccc(B2OC(C)(C)C(C)(C)O2)cc1. The predicted octanol–water partition coefficient (Wildman–Crippen LogP) is 3.69. The van der Waals surface area contributed by atoms with E-state index in [4.69, 9.17) is 27.5 Å². The first kappa shape index (κ1) is 21.5. The fourth-order valence-electron chi connectivity index (χ4n) is 3.28. The van der Waals surface area contributed by atoms with E-state index < -0.39 is 25.4 Å². The van der Waals surface area contributed by atoms with E-state index >= 15 is 0 Å². The lowest BCUT2D eigenvalue weighted by molar-refractivity contribution is 0.00578. The second-order valence-electron chi connectivity index (χ2n) is 10.4. The molecule has 0 unspecified atom stereocenters. The van der Waals surface area contributed by atoms with Crippen LogP contribution < -0.4 is 15.7 Å². The van der Waals surface area contributed by atoms with Gasteiger partial charge >= 0.3 is 14.2 Å². The minimum Gasteiger partial charge on any atom is -0.508 e. The first-order valence-electron chi connectivity index (χ1n) is 12.6. The van der Waals surface area contributed by atoms with Gasteiger partial charge in [-0.05, 0) is 90.6 Å². The van der Waals surface area contributed by atoms with Gasteiger partial charge in [-0.25, -0.2) is 0 Å². The Morgan fingerprint density at radius 3 is 1.30 bits per heavy atom. The number of ether oxygens (including phenoxy) is 1. The molecule has 0 atom stereocenters. The van der Waals surface area contributed by atoms with Crippen molar-refractivity contribution in [3.05, 3.63) is 48.5 Å². The highest BCUT2D eigenvalue weighted by atomic mass is 16.7. The molecule has 33 heavy (non-hydrogen) atoms. The highest BCUT2D eigenvalue weighted by Crippen LogP contribution is 2.37. The molecule has 0 radical (unpaired) electrons. The van der Waals surface area contributed by atoms with Crippen LogP contribution in [0.5, 0.6) is 11.5 Å². The monoisotopic (exact) mass is 457 g/mol. The van der Waals surface area contributed by atoms with Crippen LogP contribution in [0.4, 0.5) is 0 Å². The molecule has 2 saturated heterocycles. The number of methoxy groups -OCH3 is 1. The summed E-state index contributed by atoms with van der Waals surface area (Å²) in [7, 11) is -3.25. The molecule has 0 aromatic heterocycles. The van der Waals surface area contributed by atoms with Crippen LogP contribution in [-0.2, 0) is 18.6 Å². The molecule has 2 aliphatic rings. The van der Waals surface area contributed by atoms with Crippen LogP contribution >= 0.6 is 0 Å². The van der Waals surface area contributed by atoms with E-state index in [1.165, 1.54) is 0 Å². The van der Waals surface area contributed by atoms with Crippen molar-refractivity contribution in [3.8, 4) is 11.5 Å². The summed E-state index contributed by atoms with van der Waals surface area (Å²) in [5.74, 6) is 0.547. The van der Waals surface area contributed by atoms with Gasteiger partial charge in [-0.15, -0.1) is 0 Å². The molecule has 0 aliphatic carbocycles. The van der Waals surface area contributed by atoms with Crippen LogP contribution in [0.3, 0.4) is 0 Å². The molecule has 2 fully saturated rings. The van der Waals surface area contributed by atoms with Crippen LogP contribution in [0.25, 0.3) is 0 Å². The van der Waals surface area contributed by atoms with Crippen molar-refractivity contribution in [1.29, 1.82) is 0 Å². The van der Waals surface area contributed by atoms with E-state index in [2.05, 4.69) is 0 Å². The van der Waals surface area contributed by atoms with E-state index in [1.54, 1.807) is 36.4 Å². The summed E-state index contributed by atoms with van der Waals surface area (Å²) in [4.78, 5) is 0. The molecule has 8 heteroatoms. The highest BCUT2D eigenvalue weighted by molar-refractivity contribution is 6.62. The topological polar surface area (TPSA) is 66.4 Å². The molecule has 2 aromatic carbocycles. The summed E-state index contributed by atoms with van der Waals surface area (Å²) in [6.45, 7) is 16.0. The van der Waals surface area contributed by atoms with Crippen molar-refractivity contribution in [3.63, 3.8) is 0 Å². The normalized spacial score (nSPS) is 23.7. The third-order valence-corrected chi connectivity index (χ3v) is 6.94. The number of phenols is 1. The quantitative estimate of drug-likeness (QED) is 0.710. The van der Waals surface area contributed by atoms with Gasteiger partial charge in [-0.1, -0.05) is 24.3 Å². The minimum absolute atomic E-state index is 0.250. The van der Waals surface area contributed by atoms with Crippen molar-refractivity contribution < 1.29 is 32.6 Å².